The molecule has 106 valence electrons. The van der Waals surface area contributed by atoms with E-state index in [4.69, 9.17) is 4.74 Å². The summed E-state index contributed by atoms with van der Waals surface area (Å²) >= 11 is -2.04. The second-order valence-corrected chi connectivity index (χ2v) is 19.3. The molecule has 0 aromatic rings. The van der Waals surface area contributed by atoms with Crippen LogP contribution in [0.4, 0.5) is 0 Å². The van der Waals surface area contributed by atoms with E-state index in [1.165, 1.54) is 38.5 Å². The Balaban J connectivity index is 2.76. The van der Waals surface area contributed by atoms with E-state index in [2.05, 4.69) is 26.8 Å². The topological polar surface area (TPSA) is 9.23 Å². The molecular weight excluding hydrogens is 327 g/mol. The van der Waals surface area contributed by atoms with E-state index in [1.807, 2.05) is 3.59 Å². The first kappa shape index (κ1) is 16.6. The van der Waals surface area contributed by atoms with Crippen molar-refractivity contribution < 1.29 is 4.74 Å². The van der Waals surface area contributed by atoms with Crippen LogP contribution in [0.3, 0.4) is 0 Å². The molecule has 0 fully saturated rings. The second kappa shape index (κ2) is 9.41. The van der Waals surface area contributed by atoms with Crippen molar-refractivity contribution in [2.24, 2.45) is 0 Å². The van der Waals surface area contributed by atoms with Crippen LogP contribution in [-0.4, -0.2) is 31.6 Å². The van der Waals surface area contributed by atoms with Crippen LogP contribution in [0.5, 0.6) is 0 Å². The number of hydrogen-bond acceptors (Lipinski definition) is 1. The predicted octanol–water partition coefficient (Wildman–Crippen LogP) is 5.33. The summed E-state index contributed by atoms with van der Waals surface area (Å²) in [6.45, 7) is 8.92. The van der Waals surface area contributed by atoms with Crippen LogP contribution < -0.4 is 0 Å². The van der Waals surface area contributed by atoms with Crippen molar-refractivity contribution in [3.8, 4) is 0 Å². The maximum atomic E-state index is 5.66. The molecule has 1 aliphatic rings. The zero-order valence-electron chi connectivity index (χ0n) is 12.8. The van der Waals surface area contributed by atoms with E-state index >= 15 is 0 Å². The van der Waals surface area contributed by atoms with Crippen molar-refractivity contribution in [1.29, 1.82) is 0 Å². The van der Waals surface area contributed by atoms with E-state index in [0.717, 1.165) is 13.2 Å². The Labute approximate surface area is 118 Å². The summed E-state index contributed by atoms with van der Waals surface area (Å²) in [5, 5.41) is 0. The van der Waals surface area contributed by atoms with Gasteiger partial charge in [-0.05, 0) is 0 Å². The predicted molar refractivity (Wildman–Crippen MR) is 83.8 cm³/mol. The zero-order valence-corrected chi connectivity index (χ0v) is 15.6. The first-order chi connectivity index (χ1) is 8.79. The summed E-state index contributed by atoms with van der Waals surface area (Å²) in [5.41, 5.74) is 0. The molecule has 0 saturated heterocycles. The molecule has 0 N–H and O–H groups in total. The number of unbranched alkanes of at least 4 members (excludes halogenated alkanes) is 3. The van der Waals surface area contributed by atoms with Gasteiger partial charge in [-0.3, -0.25) is 0 Å². The summed E-state index contributed by atoms with van der Waals surface area (Å²) in [6.07, 6.45) is 10.9. The molecule has 1 nitrogen and oxygen atoms in total. The Morgan fingerprint density at radius 1 is 0.944 bits per heavy atom. The Kier molecular flexibility index (Phi) is 8.65. The van der Waals surface area contributed by atoms with Crippen LogP contribution in [0.15, 0.2) is 9.67 Å². The minimum atomic E-state index is -2.04. The van der Waals surface area contributed by atoms with Crippen LogP contribution >= 0.6 is 0 Å². The third-order valence-electron chi connectivity index (χ3n) is 4.41. The molecule has 0 aromatic carbocycles. The van der Waals surface area contributed by atoms with Gasteiger partial charge in [0.2, 0.25) is 0 Å². The third kappa shape index (κ3) is 4.88. The maximum absolute atomic E-state index is 5.66. The van der Waals surface area contributed by atoms with E-state index < -0.39 is 18.4 Å². The Bertz CT molecular complexity index is 226. The molecule has 0 atom stereocenters. The van der Waals surface area contributed by atoms with Crippen molar-refractivity contribution >= 4 is 18.4 Å². The molecule has 1 aliphatic heterocycles. The molecule has 0 radical (unpaired) electrons. The molecule has 0 amide bonds. The normalized spacial score (nSPS) is 16.1. The van der Waals surface area contributed by atoms with Crippen molar-refractivity contribution in [3.05, 3.63) is 9.67 Å². The van der Waals surface area contributed by atoms with Gasteiger partial charge in [0.1, 0.15) is 0 Å². The zero-order chi connectivity index (χ0) is 13.3. The minimum absolute atomic E-state index is 0.901. The standard InChI is InChI=1S/C4H5O.3C4H9.Sn/c1-2-4-5-3-1;3*1-3-4-2;/h1H,3-4H2;3*1,3-4H2,2H3;. The molecule has 1 rings (SSSR count). The van der Waals surface area contributed by atoms with Crippen LogP contribution in [0.1, 0.15) is 59.3 Å². The van der Waals surface area contributed by atoms with Crippen LogP contribution in [0.25, 0.3) is 0 Å². The van der Waals surface area contributed by atoms with Gasteiger partial charge in [-0.1, -0.05) is 0 Å². The fraction of sp³-hybridized carbons (Fsp3) is 0.875. The molecule has 2 heteroatoms. The summed E-state index contributed by atoms with van der Waals surface area (Å²) in [7, 11) is 0. The van der Waals surface area contributed by atoms with Crippen LogP contribution in [0.2, 0.25) is 13.3 Å². The van der Waals surface area contributed by atoms with Gasteiger partial charge in [-0.25, -0.2) is 0 Å². The SMILES string of the molecule is CCC[CH2][Sn]([CH2]CCC)([CH2]CCC)[C]1=CCOC1. The molecule has 0 saturated carbocycles. The Hall–Kier alpha value is 0.499. The van der Waals surface area contributed by atoms with Crippen LogP contribution in [0, 0.1) is 0 Å². The second-order valence-electron chi connectivity index (χ2n) is 5.84. The van der Waals surface area contributed by atoms with Gasteiger partial charge in [0, 0.05) is 0 Å². The van der Waals surface area contributed by atoms with Gasteiger partial charge in [-0.2, -0.15) is 0 Å². The van der Waals surface area contributed by atoms with Crippen molar-refractivity contribution in [3.63, 3.8) is 0 Å². The molecule has 0 aliphatic carbocycles. The first-order valence-electron chi connectivity index (χ1n) is 8.06. The van der Waals surface area contributed by atoms with E-state index in [0.29, 0.717) is 0 Å². The van der Waals surface area contributed by atoms with Crippen LogP contribution in [-0.2, 0) is 4.74 Å². The van der Waals surface area contributed by atoms with E-state index in [9.17, 15) is 0 Å². The Morgan fingerprint density at radius 2 is 1.44 bits per heavy atom. The summed E-state index contributed by atoms with van der Waals surface area (Å²) < 4.78 is 12.2. The molecule has 0 bridgehead atoms. The van der Waals surface area contributed by atoms with Crippen molar-refractivity contribution in [2.75, 3.05) is 13.2 Å². The average molecular weight is 359 g/mol. The quantitative estimate of drug-likeness (QED) is 0.479. The van der Waals surface area contributed by atoms with Gasteiger partial charge in [0.05, 0.1) is 0 Å². The molecule has 0 aromatic heterocycles. The fourth-order valence-corrected chi connectivity index (χ4v) is 19.5. The summed E-state index contributed by atoms with van der Waals surface area (Å²) in [4.78, 5) is 0. The molecule has 0 spiro atoms. The van der Waals surface area contributed by atoms with Gasteiger partial charge in [-0.15, -0.1) is 0 Å². The average Bonchev–Trinajstić information content (AvgIpc) is 2.93. The van der Waals surface area contributed by atoms with Crippen molar-refractivity contribution in [2.45, 2.75) is 72.6 Å². The van der Waals surface area contributed by atoms with E-state index in [-0.39, 0.29) is 0 Å². The van der Waals surface area contributed by atoms with Gasteiger partial charge in [0.15, 0.2) is 0 Å². The molecule has 0 unspecified atom stereocenters. The van der Waals surface area contributed by atoms with Gasteiger partial charge in [0.25, 0.3) is 0 Å². The number of rotatable bonds is 10. The molecule has 1 heterocycles. The summed E-state index contributed by atoms with van der Waals surface area (Å²) in [6, 6.07) is 0. The van der Waals surface area contributed by atoms with E-state index in [1.54, 1.807) is 13.3 Å². The monoisotopic (exact) mass is 360 g/mol. The summed E-state index contributed by atoms with van der Waals surface area (Å²) in [5.74, 6) is 0. The molecule has 18 heavy (non-hydrogen) atoms. The fourth-order valence-electron chi connectivity index (χ4n) is 3.16. The van der Waals surface area contributed by atoms with Gasteiger partial charge < -0.3 is 0 Å². The third-order valence-corrected chi connectivity index (χ3v) is 20.5. The molecular formula is C16H32OSn. The first-order valence-corrected chi connectivity index (χ1v) is 15.5. The van der Waals surface area contributed by atoms with Crippen molar-refractivity contribution in [1.82, 2.24) is 0 Å². The number of hydrogen-bond donors (Lipinski definition) is 0. The number of ether oxygens (including phenoxy) is 1. The van der Waals surface area contributed by atoms with Gasteiger partial charge >= 0.3 is 119 Å². The Morgan fingerprint density at radius 3 is 1.78 bits per heavy atom.